The van der Waals surface area contributed by atoms with Gasteiger partial charge in [-0.2, -0.15) is 15.4 Å². The molecule has 2 aromatic rings. The minimum atomic E-state index is 0.140. The van der Waals surface area contributed by atoms with E-state index >= 15 is 0 Å². The fraction of sp³-hybridized carbons (Fsp3) is 0.692. The standard InChI is InChI=1S/C13H21N7O/c1-4-20-12(9(2)15-18-20)7-19-6-10(13(8-19)21-3)11-5-14-17-16-11/h5,10,13H,4,6-8H2,1-3H3,(H,14,16,17)/t10-,13+/m0/s1. The molecule has 8 nitrogen and oxygen atoms in total. The third-order valence-electron chi connectivity index (χ3n) is 4.16. The normalized spacial score (nSPS) is 23.0. The Morgan fingerprint density at radius 1 is 1.43 bits per heavy atom. The molecular weight excluding hydrogens is 270 g/mol. The molecule has 0 radical (unpaired) electrons. The second kappa shape index (κ2) is 5.90. The van der Waals surface area contributed by atoms with E-state index in [9.17, 15) is 0 Å². The van der Waals surface area contributed by atoms with Gasteiger partial charge in [-0.15, -0.1) is 5.10 Å². The van der Waals surface area contributed by atoms with Gasteiger partial charge in [0.1, 0.15) is 0 Å². The van der Waals surface area contributed by atoms with Crippen molar-refractivity contribution < 1.29 is 4.74 Å². The minimum Gasteiger partial charge on any atom is -0.379 e. The van der Waals surface area contributed by atoms with E-state index < -0.39 is 0 Å². The maximum Gasteiger partial charge on any atom is 0.0894 e. The molecule has 2 atom stereocenters. The average Bonchev–Trinajstić information content (AvgIpc) is 3.20. The number of aromatic amines is 1. The second-order valence-electron chi connectivity index (χ2n) is 5.41. The summed E-state index contributed by atoms with van der Waals surface area (Å²) < 4.78 is 7.58. The van der Waals surface area contributed by atoms with Crippen LogP contribution in [0.25, 0.3) is 0 Å². The van der Waals surface area contributed by atoms with Crippen molar-refractivity contribution in [3.05, 3.63) is 23.3 Å². The van der Waals surface area contributed by atoms with Crippen LogP contribution >= 0.6 is 0 Å². The zero-order valence-corrected chi connectivity index (χ0v) is 12.7. The number of nitrogens with one attached hydrogen (secondary N) is 1. The first-order valence-electron chi connectivity index (χ1n) is 7.22. The Labute approximate surface area is 123 Å². The van der Waals surface area contributed by atoms with E-state index in [1.54, 1.807) is 13.3 Å². The number of hydrogen-bond donors (Lipinski definition) is 1. The monoisotopic (exact) mass is 291 g/mol. The van der Waals surface area contributed by atoms with Crippen molar-refractivity contribution in [3.63, 3.8) is 0 Å². The van der Waals surface area contributed by atoms with Crippen LogP contribution in [0.15, 0.2) is 6.20 Å². The highest BCUT2D eigenvalue weighted by Gasteiger charge is 2.36. The quantitative estimate of drug-likeness (QED) is 0.855. The van der Waals surface area contributed by atoms with Gasteiger partial charge in [-0.1, -0.05) is 5.21 Å². The molecule has 0 unspecified atom stereocenters. The Hall–Kier alpha value is -1.80. The maximum absolute atomic E-state index is 5.62. The Kier molecular flexibility index (Phi) is 3.98. The van der Waals surface area contributed by atoms with Gasteiger partial charge in [0, 0.05) is 39.2 Å². The summed E-state index contributed by atoms with van der Waals surface area (Å²) in [5.41, 5.74) is 3.13. The minimum absolute atomic E-state index is 0.140. The highest BCUT2D eigenvalue weighted by atomic mass is 16.5. The van der Waals surface area contributed by atoms with Crippen LogP contribution in [0.3, 0.4) is 0 Å². The number of likely N-dealkylation sites (tertiary alicyclic amines) is 1. The Balaban J connectivity index is 1.74. The van der Waals surface area contributed by atoms with E-state index in [1.165, 1.54) is 5.69 Å². The second-order valence-corrected chi connectivity index (χ2v) is 5.41. The molecule has 3 heterocycles. The van der Waals surface area contributed by atoms with Crippen molar-refractivity contribution in [2.45, 2.75) is 39.0 Å². The van der Waals surface area contributed by atoms with Crippen LogP contribution in [0.2, 0.25) is 0 Å². The number of aryl methyl sites for hydroxylation is 2. The molecule has 8 heteroatoms. The molecule has 0 bridgehead atoms. The molecule has 1 aliphatic heterocycles. The van der Waals surface area contributed by atoms with E-state index in [0.29, 0.717) is 0 Å². The molecule has 2 aromatic heterocycles. The van der Waals surface area contributed by atoms with Gasteiger partial charge < -0.3 is 4.74 Å². The smallest absolute Gasteiger partial charge is 0.0894 e. The number of H-pyrrole nitrogens is 1. The summed E-state index contributed by atoms with van der Waals surface area (Å²) in [6, 6.07) is 0. The van der Waals surface area contributed by atoms with Crippen LogP contribution in [0.1, 0.15) is 29.9 Å². The van der Waals surface area contributed by atoms with Crippen molar-refractivity contribution in [2.75, 3.05) is 20.2 Å². The summed E-state index contributed by atoms with van der Waals surface area (Å²) in [5.74, 6) is 0.250. The van der Waals surface area contributed by atoms with Gasteiger partial charge in [0.15, 0.2) is 0 Å². The maximum atomic E-state index is 5.62. The lowest BCUT2D eigenvalue weighted by Gasteiger charge is -2.16. The Morgan fingerprint density at radius 2 is 2.29 bits per heavy atom. The lowest BCUT2D eigenvalue weighted by Crippen LogP contribution is -2.24. The highest BCUT2D eigenvalue weighted by molar-refractivity contribution is 5.12. The van der Waals surface area contributed by atoms with Crippen LogP contribution < -0.4 is 0 Å². The lowest BCUT2D eigenvalue weighted by atomic mass is 10.0. The largest absolute Gasteiger partial charge is 0.379 e. The predicted molar refractivity (Wildman–Crippen MR) is 75.6 cm³/mol. The van der Waals surface area contributed by atoms with Crippen molar-refractivity contribution in [1.29, 1.82) is 0 Å². The molecule has 0 saturated carbocycles. The fourth-order valence-corrected chi connectivity index (χ4v) is 2.97. The van der Waals surface area contributed by atoms with Crippen LogP contribution in [-0.4, -0.2) is 61.6 Å². The summed E-state index contributed by atoms with van der Waals surface area (Å²) in [7, 11) is 1.75. The molecule has 0 aliphatic carbocycles. The summed E-state index contributed by atoms with van der Waals surface area (Å²) in [6.07, 6.45) is 1.92. The van der Waals surface area contributed by atoms with Gasteiger partial charge in [0.2, 0.25) is 0 Å². The van der Waals surface area contributed by atoms with Crippen molar-refractivity contribution in [3.8, 4) is 0 Å². The molecular formula is C13H21N7O. The van der Waals surface area contributed by atoms with Gasteiger partial charge in [-0.3, -0.25) is 4.90 Å². The van der Waals surface area contributed by atoms with Crippen LogP contribution in [-0.2, 0) is 17.8 Å². The first-order valence-corrected chi connectivity index (χ1v) is 7.22. The topological polar surface area (TPSA) is 84.8 Å². The number of aromatic nitrogens is 6. The fourth-order valence-electron chi connectivity index (χ4n) is 2.97. The zero-order valence-electron chi connectivity index (χ0n) is 12.7. The van der Waals surface area contributed by atoms with E-state index in [0.717, 1.165) is 37.6 Å². The van der Waals surface area contributed by atoms with Gasteiger partial charge in [0.05, 0.1) is 29.4 Å². The number of nitrogens with zero attached hydrogens (tertiary/aromatic N) is 6. The summed E-state index contributed by atoms with van der Waals surface area (Å²) in [4.78, 5) is 2.37. The van der Waals surface area contributed by atoms with Crippen molar-refractivity contribution in [1.82, 2.24) is 35.3 Å². The number of hydrogen-bond acceptors (Lipinski definition) is 6. The molecule has 114 valence electrons. The average molecular weight is 291 g/mol. The number of ether oxygens (including phenoxy) is 1. The van der Waals surface area contributed by atoms with Gasteiger partial charge in [0.25, 0.3) is 0 Å². The molecule has 0 amide bonds. The molecule has 0 spiro atoms. The SMILES string of the molecule is CCn1nnc(C)c1CN1C[C@@H](OC)[C@H](c2cn[nH]n2)C1. The summed E-state index contributed by atoms with van der Waals surface area (Å²) in [5, 5.41) is 19.1. The van der Waals surface area contributed by atoms with Crippen molar-refractivity contribution in [2.24, 2.45) is 0 Å². The highest BCUT2D eigenvalue weighted by Crippen LogP contribution is 2.29. The van der Waals surface area contributed by atoms with E-state index in [2.05, 4.69) is 37.5 Å². The van der Waals surface area contributed by atoms with E-state index in [-0.39, 0.29) is 12.0 Å². The van der Waals surface area contributed by atoms with Crippen LogP contribution in [0.5, 0.6) is 0 Å². The number of rotatable bonds is 5. The summed E-state index contributed by atoms with van der Waals surface area (Å²) >= 11 is 0. The Morgan fingerprint density at radius 3 is 2.95 bits per heavy atom. The first-order chi connectivity index (χ1) is 10.2. The molecule has 1 saturated heterocycles. The molecule has 1 N–H and O–H groups in total. The summed E-state index contributed by atoms with van der Waals surface area (Å²) in [6.45, 7) is 7.54. The first kappa shape index (κ1) is 14.2. The predicted octanol–water partition coefficient (Wildman–Crippen LogP) is 0.339. The van der Waals surface area contributed by atoms with Crippen LogP contribution in [0, 0.1) is 6.92 Å². The third kappa shape index (κ3) is 2.68. The molecule has 1 aliphatic rings. The van der Waals surface area contributed by atoms with E-state index in [1.807, 2.05) is 11.6 Å². The Bertz CT molecular complexity index is 579. The number of methoxy groups -OCH3 is 1. The van der Waals surface area contributed by atoms with E-state index in [4.69, 9.17) is 4.74 Å². The molecule has 3 rings (SSSR count). The zero-order chi connectivity index (χ0) is 14.8. The lowest BCUT2D eigenvalue weighted by molar-refractivity contribution is 0.0954. The van der Waals surface area contributed by atoms with Gasteiger partial charge >= 0.3 is 0 Å². The third-order valence-corrected chi connectivity index (χ3v) is 4.16. The molecule has 1 fully saturated rings. The van der Waals surface area contributed by atoms with Gasteiger partial charge in [-0.25, -0.2) is 4.68 Å². The molecule has 0 aromatic carbocycles. The molecule has 21 heavy (non-hydrogen) atoms. The van der Waals surface area contributed by atoms with Crippen LogP contribution in [0.4, 0.5) is 0 Å². The van der Waals surface area contributed by atoms with Gasteiger partial charge in [-0.05, 0) is 13.8 Å². The van der Waals surface area contributed by atoms with Crippen molar-refractivity contribution >= 4 is 0 Å².